The third-order valence-corrected chi connectivity index (χ3v) is 4.63. The van der Waals surface area contributed by atoms with E-state index >= 15 is 0 Å². The third-order valence-electron chi connectivity index (χ3n) is 2.73. The molecule has 0 aliphatic rings. The van der Waals surface area contributed by atoms with Crippen molar-refractivity contribution in [2.75, 3.05) is 20.6 Å². The molecule has 1 aromatic rings. The number of hydrogen-bond acceptors (Lipinski definition) is 3. The average molecular weight is 284 g/mol. The van der Waals surface area contributed by atoms with Crippen LogP contribution in [0.15, 0.2) is 29.2 Å². The van der Waals surface area contributed by atoms with Crippen LogP contribution in [-0.2, 0) is 16.6 Å². The van der Waals surface area contributed by atoms with Gasteiger partial charge in [-0.1, -0.05) is 39.0 Å². The molecule has 4 nitrogen and oxygen atoms in total. The maximum Gasteiger partial charge on any atom is 0.243 e. The molecule has 0 saturated carbocycles. The summed E-state index contributed by atoms with van der Waals surface area (Å²) in [5.74, 6) is 0. The summed E-state index contributed by atoms with van der Waals surface area (Å²) in [6.45, 7) is 7.11. The normalized spacial score (nSPS) is 12.9. The van der Waals surface area contributed by atoms with E-state index in [4.69, 9.17) is 0 Å². The highest BCUT2D eigenvalue weighted by Gasteiger charge is 2.26. The lowest BCUT2D eigenvalue weighted by Gasteiger charge is -2.26. The molecular formula is C14H24N2O2S. The Morgan fingerprint density at radius 1 is 1.21 bits per heavy atom. The zero-order chi connectivity index (χ0) is 14.7. The van der Waals surface area contributed by atoms with Crippen molar-refractivity contribution in [3.63, 3.8) is 0 Å². The largest absolute Gasteiger partial charge is 0.316 e. The van der Waals surface area contributed by atoms with E-state index in [1.54, 1.807) is 19.2 Å². The average Bonchev–Trinajstić information content (AvgIpc) is 2.27. The molecule has 108 valence electrons. The van der Waals surface area contributed by atoms with Crippen molar-refractivity contribution in [3.05, 3.63) is 29.8 Å². The molecule has 0 amide bonds. The van der Waals surface area contributed by atoms with Crippen LogP contribution >= 0.6 is 0 Å². The molecule has 0 radical (unpaired) electrons. The lowest BCUT2D eigenvalue weighted by atomic mass is 9.97. The molecule has 1 rings (SSSR count). The quantitative estimate of drug-likeness (QED) is 0.900. The van der Waals surface area contributed by atoms with Crippen LogP contribution in [0, 0.1) is 5.41 Å². The highest BCUT2D eigenvalue weighted by molar-refractivity contribution is 7.89. The van der Waals surface area contributed by atoms with Crippen molar-refractivity contribution >= 4 is 10.0 Å². The van der Waals surface area contributed by atoms with Gasteiger partial charge in [-0.2, -0.15) is 0 Å². The summed E-state index contributed by atoms with van der Waals surface area (Å²) in [6, 6.07) is 7.13. The monoisotopic (exact) mass is 284 g/mol. The van der Waals surface area contributed by atoms with E-state index in [0.29, 0.717) is 18.0 Å². The molecule has 0 aliphatic carbocycles. The van der Waals surface area contributed by atoms with Crippen molar-refractivity contribution in [2.24, 2.45) is 5.41 Å². The summed E-state index contributed by atoms with van der Waals surface area (Å²) in [7, 11) is 0.0118. The lowest BCUT2D eigenvalue weighted by Crippen LogP contribution is -2.35. The summed E-state index contributed by atoms with van der Waals surface area (Å²) < 4.78 is 26.6. The molecule has 0 aliphatic heterocycles. The minimum absolute atomic E-state index is 0.0697. The Balaban J connectivity index is 3.13. The second-order valence-electron chi connectivity index (χ2n) is 5.96. The fraction of sp³-hybridized carbons (Fsp3) is 0.571. The van der Waals surface area contributed by atoms with Crippen LogP contribution in [0.1, 0.15) is 26.3 Å². The number of benzene rings is 1. The van der Waals surface area contributed by atoms with Crippen LogP contribution in [0.2, 0.25) is 0 Å². The molecule has 0 saturated heterocycles. The molecule has 0 bridgehead atoms. The zero-order valence-corrected chi connectivity index (χ0v) is 13.2. The van der Waals surface area contributed by atoms with E-state index in [0.717, 1.165) is 5.56 Å². The lowest BCUT2D eigenvalue weighted by molar-refractivity contribution is 0.310. The number of rotatable bonds is 5. The van der Waals surface area contributed by atoms with Crippen molar-refractivity contribution in [2.45, 2.75) is 32.2 Å². The van der Waals surface area contributed by atoms with Crippen LogP contribution in [-0.4, -0.2) is 33.4 Å². The van der Waals surface area contributed by atoms with Gasteiger partial charge in [0, 0.05) is 20.1 Å². The maximum absolute atomic E-state index is 12.6. The summed E-state index contributed by atoms with van der Waals surface area (Å²) in [5.41, 5.74) is 0.727. The van der Waals surface area contributed by atoms with Crippen molar-refractivity contribution < 1.29 is 8.42 Å². The molecular weight excluding hydrogens is 260 g/mol. The topological polar surface area (TPSA) is 49.4 Å². The second kappa shape index (κ2) is 6.03. The number of nitrogens with one attached hydrogen (secondary N) is 1. The molecule has 0 fully saturated rings. The SMILES string of the molecule is CNCc1ccccc1S(=O)(=O)N(C)CC(C)(C)C. The number of hydrogen-bond donors (Lipinski definition) is 1. The first-order valence-electron chi connectivity index (χ1n) is 6.37. The van der Waals surface area contributed by atoms with E-state index < -0.39 is 10.0 Å². The Morgan fingerprint density at radius 3 is 2.32 bits per heavy atom. The Kier molecular flexibility index (Phi) is 5.12. The maximum atomic E-state index is 12.6. The van der Waals surface area contributed by atoms with Gasteiger partial charge in [0.05, 0.1) is 4.90 Å². The van der Waals surface area contributed by atoms with Gasteiger partial charge < -0.3 is 5.32 Å². The van der Waals surface area contributed by atoms with Gasteiger partial charge in [0.25, 0.3) is 0 Å². The van der Waals surface area contributed by atoms with Crippen molar-refractivity contribution in [1.29, 1.82) is 0 Å². The van der Waals surface area contributed by atoms with Gasteiger partial charge in [0.2, 0.25) is 10.0 Å². The van der Waals surface area contributed by atoms with Crippen LogP contribution in [0.4, 0.5) is 0 Å². The molecule has 0 atom stereocenters. The molecule has 19 heavy (non-hydrogen) atoms. The summed E-state index contributed by atoms with van der Waals surface area (Å²) >= 11 is 0. The van der Waals surface area contributed by atoms with Gasteiger partial charge in [0.1, 0.15) is 0 Å². The second-order valence-corrected chi connectivity index (χ2v) is 7.97. The fourth-order valence-electron chi connectivity index (χ4n) is 2.01. The zero-order valence-electron chi connectivity index (χ0n) is 12.4. The Bertz CT molecular complexity index is 518. The molecule has 0 unspecified atom stereocenters. The number of sulfonamides is 1. The predicted molar refractivity (Wildman–Crippen MR) is 78.5 cm³/mol. The van der Waals surface area contributed by atoms with Crippen LogP contribution in [0.3, 0.4) is 0 Å². The van der Waals surface area contributed by atoms with E-state index in [1.807, 2.05) is 40.0 Å². The molecule has 5 heteroatoms. The Morgan fingerprint density at radius 2 is 1.79 bits per heavy atom. The smallest absolute Gasteiger partial charge is 0.243 e. The van der Waals surface area contributed by atoms with Crippen molar-refractivity contribution in [1.82, 2.24) is 9.62 Å². The minimum atomic E-state index is -3.43. The fourth-order valence-corrected chi connectivity index (χ4v) is 3.63. The highest BCUT2D eigenvalue weighted by Crippen LogP contribution is 2.23. The van der Waals surface area contributed by atoms with E-state index in [-0.39, 0.29) is 5.41 Å². The standard InChI is InChI=1S/C14H24N2O2S/c1-14(2,3)11-16(5)19(17,18)13-9-7-6-8-12(13)10-15-4/h6-9,15H,10-11H2,1-5H3. The summed E-state index contributed by atoms with van der Waals surface area (Å²) in [6.07, 6.45) is 0. The molecule has 1 aromatic carbocycles. The Hall–Kier alpha value is -0.910. The van der Waals surface area contributed by atoms with Gasteiger partial charge >= 0.3 is 0 Å². The van der Waals surface area contributed by atoms with E-state index in [9.17, 15) is 8.42 Å². The van der Waals surface area contributed by atoms with Gasteiger partial charge in [0.15, 0.2) is 0 Å². The molecule has 0 heterocycles. The third kappa shape index (κ3) is 4.30. The van der Waals surface area contributed by atoms with Crippen LogP contribution < -0.4 is 5.32 Å². The molecule has 0 aromatic heterocycles. The van der Waals surface area contributed by atoms with Crippen molar-refractivity contribution in [3.8, 4) is 0 Å². The molecule has 1 N–H and O–H groups in total. The Labute approximate surface area is 116 Å². The van der Waals surface area contributed by atoms with Crippen LogP contribution in [0.25, 0.3) is 0 Å². The van der Waals surface area contributed by atoms with Gasteiger partial charge in [-0.15, -0.1) is 0 Å². The van der Waals surface area contributed by atoms with E-state index in [1.165, 1.54) is 4.31 Å². The van der Waals surface area contributed by atoms with Gasteiger partial charge in [-0.3, -0.25) is 0 Å². The minimum Gasteiger partial charge on any atom is -0.316 e. The van der Waals surface area contributed by atoms with Gasteiger partial charge in [-0.05, 0) is 24.1 Å². The first kappa shape index (κ1) is 16.1. The first-order valence-corrected chi connectivity index (χ1v) is 7.81. The van der Waals surface area contributed by atoms with E-state index in [2.05, 4.69) is 5.32 Å². The van der Waals surface area contributed by atoms with Crippen LogP contribution in [0.5, 0.6) is 0 Å². The first-order chi connectivity index (χ1) is 8.68. The predicted octanol–water partition coefficient (Wildman–Crippen LogP) is 2.07. The van der Waals surface area contributed by atoms with Gasteiger partial charge in [-0.25, -0.2) is 12.7 Å². The summed E-state index contributed by atoms with van der Waals surface area (Å²) in [4.78, 5) is 0.385. The number of nitrogens with zero attached hydrogens (tertiary/aromatic N) is 1. The molecule has 0 spiro atoms. The highest BCUT2D eigenvalue weighted by atomic mass is 32.2. The summed E-state index contributed by atoms with van der Waals surface area (Å²) in [5, 5.41) is 3.00.